The van der Waals surface area contributed by atoms with Gasteiger partial charge < -0.3 is 0 Å². The molecule has 0 amide bonds. The summed E-state index contributed by atoms with van der Waals surface area (Å²) in [6, 6.07) is 0. The average Bonchev–Trinajstić information content (AvgIpc) is 2.07. The van der Waals surface area contributed by atoms with Crippen LogP contribution in [0.15, 0.2) is 47.4 Å². The molecular weight excluding hydrogens is 202 g/mol. The van der Waals surface area contributed by atoms with Crippen LogP contribution in [-0.4, -0.2) is 16.9 Å². The Labute approximate surface area is 97.4 Å². The predicted molar refractivity (Wildman–Crippen MR) is 70.6 cm³/mol. The molecule has 1 rings (SSSR count). The highest BCUT2D eigenvalue weighted by atomic mass is 32.2. The van der Waals surface area contributed by atoms with E-state index in [2.05, 4.69) is 56.4 Å². The molecule has 2 heteroatoms. The molecule has 0 bridgehead atoms. The van der Waals surface area contributed by atoms with Gasteiger partial charge >= 0.3 is 0 Å². The smallest absolute Gasteiger partial charge is 0.0230 e. The minimum absolute atomic E-state index is 0.182. The first kappa shape index (κ1) is 12.3. The van der Waals surface area contributed by atoms with Crippen LogP contribution in [0, 0.1) is 0 Å². The average molecular weight is 221 g/mol. The first-order valence-electron chi connectivity index (χ1n) is 5.13. The SMILES string of the molecule is CN(SC1=C/C=C\C=C/C=C1)C(C)(C)C. The number of nitrogens with zero attached hydrogens (tertiary/aromatic N) is 1. The van der Waals surface area contributed by atoms with E-state index in [4.69, 9.17) is 0 Å². The first-order chi connectivity index (χ1) is 7.00. The van der Waals surface area contributed by atoms with E-state index in [-0.39, 0.29) is 5.54 Å². The van der Waals surface area contributed by atoms with Crippen LogP contribution in [0.25, 0.3) is 0 Å². The van der Waals surface area contributed by atoms with Gasteiger partial charge in [0.15, 0.2) is 0 Å². The second kappa shape index (κ2) is 5.38. The van der Waals surface area contributed by atoms with Crippen LogP contribution in [0.2, 0.25) is 0 Å². The highest BCUT2D eigenvalue weighted by Crippen LogP contribution is 2.28. The molecule has 0 unspecified atom stereocenters. The minimum Gasteiger partial charge on any atom is -0.244 e. The lowest BCUT2D eigenvalue weighted by Crippen LogP contribution is -2.32. The number of hydrogen-bond acceptors (Lipinski definition) is 2. The maximum absolute atomic E-state index is 2.27. The molecule has 0 aromatic rings. The molecule has 0 heterocycles. The van der Waals surface area contributed by atoms with Crippen LogP contribution >= 0.6 is 11.9 Å². The fourth-order valence-corrected chi connectivity index (χ4v) is 1.77. The van der Waals surface area contributed by atoms with Crippen molar-refractivity contribution < 1.29 is 0 Å². The highest BCUT2D eigenvalue weighted by Gasteiger charge is 2.17. The van der Waals surface area contributed by atoms with E-state index < -0.39 is 0 Å². The van der Waals surface area contributed by atoms with Crippen LogP contribution in [0.1, 0.15) is 20.8 Å². The number of allylic oxidation sites excluding steroid dienone is 7. The molecule has 0 spiro atoms. The molecule has 0 radical (unpaired) electrons. The van der Waals surface area contributed by atoms with Crippen LogP contribution in [0.3, 0.4) is 0 Å². The number of rotatable bonds is 2. The molecule has 0 N–H and O–H groups in total. The van der Waals surface area contributed by atoms with E-state index >= 15 is 0 Å². The Balaban J connectivity index is 2.65. The molecule has 1 nitrogen and oxygen atoms in total. The summed E-state index contributed by atoms with van der Waals surface area (Å²) < 4.78 is 2.27. The summed E-state index contributed by atoms with van der Waals surface area (Å²) in [5.74, 6) is 0. The fraction of sp³-hybridized carbons (Fsp3) is 0.385. The third-order valence-electron chi connectivity index (χ3n) is 2.15. The molecule has 15 heavy (non-hydrogen) atoms. The largest absolute Gasteiger partial charge is 0.244 e. The van der Waals surface area contributed by atoms with Gasteiger partial charge in [0.2, 0.25) is 0 Å². The Bertz CT molecular complexity index is 316. The van der Waals surface area contributed by atoms with E-state index in [9.17, 15) is 0 Å². The minimum atomic E-state index is 0.182. The molecule has 1 aliphatic carbocycles. The summed E-state index contributed by atoms with van der Waals surface area (Å²) in [4.78, 5) is 1.26. The van der Waals surface area contributed by atoms with Crippen molar-refractivity contribution in [2.45, 2.75) is 26.3 Å². The number of hydrogen-bond donors (Lipinski definition) is 0. The predicted octanol–water partition coefficient (Wildman–Crippen LogP) is 3.93. The second-order valence-corrected chi connectivity index (χ2v) is 5.66. The van der Waals surface area contributed by atoms with Crippen molar-refractivity contribution in [3.05, 3.63) is 47.4 Å². The molecule has 0 saturated carbocycles. The van der Waals surface area contributed by atoms with Gasteiger partial charge in [-0.25, -0.2) is 4.31 Å². The van der Waals surface area contributed by atoms with E-state index in [1.165, 1.54) is 4.91 Å². The van der Waals surface area contributed by atoms with Crippen molar-refractivity contribution in [3.63, 3.8) is 0 Å². The summed E-state index contributed by atoms with van der Waals surface area (Å²) in [7, 11) is 2.12. The summed E-state index contributed by atoms with van der Waals surface area (Å²) >= 11 is 1.77. The third-order valence-corrected chi connectivity index (χ3v) is 3.46. The van der Waals surface area contributed by atoms with Crippen molar-refractivity contribution in [1.29, 1.82) is 0 Å². The van der Waals surface area contributed by atoms with Gasteiger partial charge in [-0.2, -0.15) is 0 Å². The lowest BCUT2D eigenvalue weighted by Gasteiger charge is -2.30. The summed E-state index contributed by atoms with van der Waals surface area (Å²) in [6.07, 6.45) is 14.5. The zero-order chi connectivity index (χ0) is 11.3. The third kappa shape index (κ3) is 4.54. The molecule has 0 saturated heterocycles. The van der Waals surface area contributed by atoms with Crippen LogP contribution in [0.4, 0.5) is 0 Å². The molecule has 0 fully saturated rings. The van der Waals surface area contributed by atoms with Gasteiger partial charge in [-0.15, -0.1) is 0 Å². The summed E-state index contributed by atoms with van der Waals surface area (Å²) in [5, 5.41) is 0. The van der Waals surface area contributed by atoms with E-state index in [0.717, 1.165) is 0 Å². The Morgan fingerprint density at radius 3 is 2.27 bits per heavy atom. The van der Waals surface area contributed by atoms with Crippen molar-refractivity contribution in [3.8, 4) is 0 Å². The Kier molecular flexibility index (Phi) is 4.43. The summed E-state index contributed by atoms with van der Waals surface area (Å²) in [5.41, 5.74) is 0.182. The fourth-order valence-electron chi connectivity index (χ4n) is 0.905. The zero-order valence-corrected chi connectivity index (χ0v) is 10.7. The lowest BCUT2D eigenvalue weighted by atomic mass is 10.1. The van der Waals surface area contributed by atoms with Crippen LogP contribution in [-0.2, 0) is 0 Å². The van der Waals surface area contributed by atoms with Crippen LogP contribution in [0.5, 0.6) is 0 Å². The highest BCUT2D eigenvalue weighted by molar-refractivity contribution is 8.01. The molecule has 82 valence electrons. The maximum Gasteiger partial charge on any atom is 0.0230 e. The quantitative estimate of drug-likeness (QED) is 0.650. The van der Waals surface area contributed by atoms with Gasteiger partial charge in [0.1, 0.15) is 0 Å². The molecule has 0 atom stereocenters. The Morgan fingerprint density at radius 2 is 1.60 bits per heavy atom. The van der Waals surface area contributed by atoms with Crippen molar-refractivity contribution in [2.24, 2.45) is 0 Å². The Morgan fingerprint density at radius 1 is 1.00 bits per heavy atom. The maximum atomic E-state index is 2.27. The van der Waals surface area contributed by atoms with E-state index in [1.54, 1.807) is 11.9 Å². The molecular formula is C13H19NS. The van der Waals surface area contributed by atoms with Gasteiger partial charge in [0, 0.05) is 10.4 Å². The first-order valence-corrected chi connectivity index (χ1v) is 5.91. The standard InChI is InChI=1S/C13H19NS/c1-13(2,3)14(4)15-12-10-8-6-5-7-9-11-12/h5-11H,1-4H3/b6-5-,7-5?,8-6?,9-7-,10-8?,11-9?,12-10?,12-11?. The van der Waals surface area contributed by atoms with Gasteiger partial charge in [-0.1, -0.05) is 30.4 Å². The van der Waals surface area contributed by atoms with Crippen molar-refractivity contribution >= 4 is 11.9 Å². The molecule has 0 aliphatic heterocycles. The summed E-state index contributed by atoms with van der Waals surface area (Å²) in [6.45, 7) is 6.63. The lowest BCUT2D eigenvalue weighted by molar-refractivity contribution is 0.321. The zero-order valence-electron chi connectivity index (χ0n) is 9.90. The van der Waals surface area contributed by atoms with Gasteiger partial charge in [0.05, 0.1) is 0 Å². The molecule has 1 aliphatic rings. The normalized spacial score (nSPS) is 20.7. The monoisotopic (exact) mass is 221 g/mol. The van der Waals surface area contributed by atoms with Crippen molar-refractivity contribution in [1.82, 2.24) is 4.31 Å². The Hall–Kier alpha value is -0.730. The van der Waals surface area contributed by atoms with E-state index in [0.29, 0.717) is 0 Å². The van der Waals surface area contributed by atoms with Crippen LogP contribution < -0.4 is 0 Å². The van der Waals surface area contributed by atoms with Gasteiger partial charge in [0.25, 0.3) is 0 Å². The molecule has 0 aromatic carbocycles. The van der Waals surface area contributed by atoms with Crippen molar-refractivity contribution in [2.75, 3.05) is 7.05 Å². The molecule has 0 aromatic heterocycles. The van der Waals surface area contributed by atoms with E-state index in [1.807, 2.05) is 18.2 Å². The van der Waals surface area contributed by atoms with Gasteiger partial charge in [-0.3, -0.25) is 0 Å². The second-order valence-electron chi connectivity index (χ2n) is 4.46. The van der Waals surface area contributed by atoms with Gasteiger partial charge in [-0.05, 0) is 51.9 Å². The topological polar surface area (TPSA) is 3.24 Å².